The van der Waals surface area contributed by atoms with Crippen molar-refractivity contribution >= 4 is 0 Å². The Morgan fingerprint density at radius 2 is 1.95 bits per heavy atom. The Morgan fingerprint density at radius 1 is 1.20 bits per heavy atom. The Balaban J connectivity index is 1.98. The molecule has 2 heteroatoms. The number of nitrogens with zero attached hydrogens (tertiary/aromatic N) is 1. The largest absolute Gasteiger partial charge is 0.497 e. The Bertz CT molecular complexity index is 385. The molecule has 1 unspecified atom stereocenters. The molecule has 0 radical (unpaired) electrons. The van der Waals surface area contributed by atoms with Gasteiger partial charge in [0.25, 0.3) is 0 Å². The minimum absolute atomic E-state index is 0.613. The van der Waals surface area contributed by atoms with E-state index in [0.29, 0.717) is 6.04 Å². The van der Waals surface area contributed by atoms with Crippen LogP contribution in [-0.2, 0) is 0 Å². The van der Waals surface area contributed by atoms with Crippen LogP contribution in [0.4, 0.5) is 0 Å². The van der Waals surface area contributed by atoms with Gasteiger partial charge >= 0.3 is 0 Å². The molecule has 0 aromatic heterocycles. The standard InChI is InChI=1S/C18H29NO/c1-15(2)7-6-14-19-13-5-4-8-18(19)16-9-11-17(20-3)12-10-16/h9-12,15,18H,4-8,13-14H2,1-3H3. The van der Waals surface area contributed by atoms with E-state index in [1.807, 2.05) is 0 Å². The zero-order chi connectivity index (χ0) is 14.4. The monoisotopic (exact) mass is 275 g/mol. The van der Waals surface area contributed by atoms with Gasteiger partial charge in [0.15, 0.2) is 0 Å². The summed E-state index contributed by atoms with van der Waals surface area (Å²) in [6.45, 7) is 7.14. The first-order valence-electron chi connectivity index (χ1n) is 8.08. The number of likely N-dealkylation sites (tertiary alicyclic amines) is 1. The van der Waals surface area contributed by atoms with Gasteiger partial charge in [-0.25, -0.2) is 0 Å². The number of benzene rings is 1. The lowest BCUT2D eigenvalue weighted by molar-refractivity contribution is 0.144. The minimum atomic E-state index is 0.613. The number of rotatable bonds is 6. The van der Waals surface area contributed by atoms with Gasteiger partial charge in [0.2, 0.25) is 0 Å². The van der Waals surface area contributed by atoms with Gasteiger partial charge in [-0.2, -0.15) is 0 Å². The van der Waals surface area contributed by atoms with Crippen molar-refractivity contribution < 1.29 is 4.74 Å². The van der Waals surface area contributed by atoms with Crippen LogP contribution in [0.2, 0.25) is 0 Å². The zero-order valence-electron chi connectivity index (χ0n) is 13.3. The van der Waals surface area contributed by atoms with Crippen molar-refractivity contribution in [1.29, 1.82) is 0 Å². The Labute approximate surface area is 124 Å². The van der Waals surface area contributed by atoms with Crippen LogP contribution < -0.4 is 4.74 Å². The predicted octanol–water partition coefficient (Wildman–Crippen LogP) is 4.66. The molecule has 0 N–H and O–H groups in total. The molecule has 2 rings (SSSR count). The molecule has 0 bridgehead atoms. The highest BCUT2D eigenvalue weighted by molar-refractivity contribution is 5.29. The van der Waals surface area contributed by atoms with Gasteiger partial charge in [0.1, 0.15) is 5.75 Å². The molecule has 1 atom stereocenters. The zero-order valence-corrected chi connectivity index (χ0v) is 13.3. The Hall–Kier alpha value is -1.02. The number of hydrogen-bond acceptors (Lipinski definition) is 2. The lowest BCUT2D eigenvalue weighted by Gasteiger charge is -2.36. The highest BCUT2D eigenvalue weighted by Crippen LogP contribution is 2.32. The van der Waals surface area contributed by atoms with Crippen LogP contribution in [0.1, 0.15) is 57.6 Å². The summed E-state index contributed by atoms with van der Waals surface area (Å²) < 4.78 is 5.26. The van der Waals surface area contributed by atoms with Crippen molar-refractivity contribution in [1.82, 2.24) is 4.90 Å². The molecule has 1 saturated heterocycles. The molecule has 0 aliphatic carbocycles. The maximum Gasteiger partial charge on any atom is 0.118 e. The maximum atomic E-state index is 5.26. The van der Waals surface area contributed by atoms with Crippen LogP contribution in [0.5, 0.6) is 5.75 Å². The van der Waals surface area contributed by atoms with Gasteiger partial charge in [-0.05, 0) is 62.4 Å². The van der Waals surface area contributed by atoms with E-state index in [4.69, 9.17) is 4.74 Å². The average molecular weight is 275 g/mol. The molecule has 20 heavy (non-hydrogen) atoms. The third-order valence-electron chi connectivity index (χ3n) is 4.34. The first kappa shape index (κ1) is 15.4. The summed E-state index contributed by atoms with van der Waals surface area (Å²) in [5, 5.41) is 0. The summed E-state index contributed by atoms with van der Waals surface area (Å²) >= 11 is 0. The van der Waals surface area contributed by atoms with E-state index >= 15 is 0 Å². The van der Waals surface area contributed by atoms with Crippen LogP contribution in [0.3, 0.4) is 0 Å². The Morgan fingerprint density at radius 3 is 2.60 bits per heavy atom. The van der Waals surface area contributed by atoms with Crippen LogP contribution in [0.15, 0.2) is 24.3 Å². The molecule has 0 saturated carbocycles. The van der Waals surface area contributed by atoms with Crippen LogP contribution in [0.25, 0.3) is 0 Å². The number of piperidine rings is 1. The second-order valence-corrected chi connectivity index (χ2v) is 6.36. The fourth-order valence-corrected chi connectivity index (χ4v) is 3.16. The van der Waals surface area contributed by atoms with Crippen molar-refractivity contribution in [3.8, 4) is 5.75 Å². The summed E-state index contributed by atoms with van der Waals surface area (Å²) in [4.78, 5) is 2.69. The second-order valence-electron chi connectivity index (χ2n) is 6.36. The maximum absolute atomic E-state index is 5.26. The van der Waals surface area contributed by atoms with Gasteiger partial charge in [0.05, 0.1) is 7.11 Å². The van der Waals surface area contributed by atoms with Gasteiger partial charge in [-0.3, -0.25) is 4.90 Å². The van der Waals surface area contributed by atoms with Gasteiger partial charge < -0.3 is 4.74 Å². The van der Waals surface area contributed by atoms with Crippen molar-refractivity contribution in [2.24, 2.45) is 5.92 Å². The van der Waals surface area contributed by atoms with Crippen molar-refractivity contribution in [3.63, 3.8) is 0 Å². The minimum Gasteiger partial charge on any atom is -0.497 e. The Kier molecular flexibility index (Phi) is 5.90. The van der Waals surface area contributed by atoms with E-state index in [1.54, 1.807) is 7.11 Å². The van der Waals surface area contributed by atoms with Crippen molar-refractivity contribution in [2.45, 2.75) is 52.0 Å². The molecule has 1 aliphatic heterocycles. The normalized spacial score (nSPS) is 20.3. The smallest absolute Gasteiger partial charge is 0.118 e. The van der Waals surface area contributed by atoms with E-state index in [0.717, 1.165) is 11.7 Å². The van der Waals surface area contributed by atoms with Crippen LogP contribution in [0, 0.1) is 5.92 Å². The molecule has 2 nitrogen and oxygen atoms in total. The molecular formula is C18H29NO. The molecule has 1 aromatic rings. The van der Waals surface area contributed by atoms with Crippen LogP contribution in [-0.4, -0.2) is 25.1 Å². The predicted molar refractivity (Wildman–Crippen MR) is 85.2 cm³/mol. The van der Waals surface area contributed by atoms with Gasteiger partial charge in [0, 0.05) is 6.04 Å². The fraction of sp³-hybridized carbons (Fsp3) is 0.667. The topological polar surface area (TPSA) is 12.5 Å². The molecule has 1 aromatic carbocycles. The number of ether oxygens (including phenoxy) is 1. The molecule has 1 heterocycles. The molecule has 112 valence electrons. The number of methoxy groups -OCH3 is 1. The molecule has 1 aliphatic rings. The molecule has 0 spiro atoms. The van der Waals surface area contributed by atoms with E-state index in [1.165, 1.54) is 50.8 Å². The van der Waals surface area contributed by atoms with Gasteiger partial charge in [-0.1, -0.05) is 32.4 Å². The summed E-state index contributed by atoms with van der Waals surface area (Å²) in [6.07, 6.45) is 6.68. The first-order chi connectivity index (χ1) is 9.70. The van der Waals surface area contributed by atoms with E-state index in [2.05, 4.69) is 43.0 Å². The third-order valence-corrected chi connectivity index (χ3v) is 4.34. The lowest BCUT2D eigenvalue weighted by atomic mass is 9.94. The lowest BCUT2D eigenvalue weighted by Crippen LogP contribution is -2.34. The molecular weight excluding hydrogens is 246 g/mol. The average Bonchev–Trinajstić information content (AvgIpc) is 2.47. The highest BCUT2D eigenvalue weighted by Gasteiger charge is 2.23. The van der Waals surface area contributed by atoms with Crippen molar-refractivity contribution in [2.75, 3.05) is 20.2 Å². The van der Waals surface area contributed by atoms with E-state index in [9.17, 15) is 0 Å². The SMILES string of the molecule is COc1ccc(C2CCCCN2CCCC(C)C)cc1. The molecule has 0 amide bonds. The van der Waals surface area contributed by atoms with E-state index < -0.39 is 0 Å². The summed E-state index contributed by atoms with van der Waals surface area (Å²) in [5.41, 5.74) is 1.45. The van der Waals surface area contributed by atoms with E-state index in [-0.39, 0.29) is 0 Å². The third kappa shape index (κ3) is 4.24. The summed E-state index contributed by atoms with van der Waals surface area (Å²) in [5.74, 6) is 1.77. The first-order valence-corrected chi connectivity index (χ1v) is 8.08. The summed E-state index contributed by atoms with van der Waals surface area (Å²) in [7, 11) is 1.73. The quantitative estimate of drug-likeness (QED) is 0.748. The van der Waals surface area contributed by atoms with Gasteiger partial charge in [-0.15, -0.1) is 0 Å². The highest BCUT2D eigenvalue weighted by atomic mass is 16.5. The fourth-order valence-electron chi connectivity index (χ4n) is 3.16. The number of hydrogen-bond donors (Lipinski definition) is 0. The van der Waals surface area contributed by atoms with Crippen molar-refractivity contribution in [3.05, 3.63) is 29.8 Å². The summed E-state index contributed by atoms with van der Waals surface area (Å²) in [6, 6.07) is 9.28. The second kappa shape index (κ2) is 7.68. The molecule has 1 fully saturated rings. The van der Waals surface area contributed by atoms with Crippen LogP contribution >= 0.6 is 0 Å².